The van der Waals surface area contributed by atoms with E-state index < -0.39 is 17.3 Å². The Bertz CT molecular complexity index is 850. The quantitative estimate of drug-likeness (QED) is 0.798. The maximum Gasteiger partial charge on any atom is 0.332 e. The highest BCUT2D eigenvalue weighted by Crippen LogP contribution is 2.12. The van der Waals surface area contributed by atoms with E-state index in [1.807, 2.05) is 13.8 Å². The van der Waals surface area contributed by atoms with Crippen molar-refractivity contribution in [3.8, 4) is 0 Å². The van der Waals surface area contributed by atoms with Crippen LogP contribution in [-0.4, -0.2) is 26.1 Å². The summed E-state index contributed by atoms with van der Waals surface area (Å²) in [5, 5.41) is 2.88. The van der Waals surface area contributed by atoms with Crippen molar-refractivity contribution in [3.63, 3.8) is 0 Å². The minimum Gasteiger partial charge on any atom is -0.323 e. The molecule has 0 saturated carbocycles. The summed E-state index contributed by atoms with van der Waals surface area (Å²) in [4.78, 5) is 40.0. The zero-order valence-corrected chi connectivity index (χ0v) is 13.0. The second-order valence-electron chi connectivity index (χ2n) is 5.56. The molecule has 1 amide bonds. The molecule has 0 aliphatic carbocycles. The number of amides is 1. The third-order valence-electron chi connectivity index (χ3n) is 3.58. The second-order valence-corrected chi connectivity index (χ2v) is 5.56. The lowest BCUT2D eigenvalue weighted by atomic mass is 10.1. The molecule has 0 unspecified atom stereocenters. The van der Waals surface area contributed by atoms with Gasteiger partial charge in [-0.15, -0.1) is 0 Å². The van der Waals surface area contributed by atoms with Crippen LogP contribution >= 0.6 is 0 Å². The molecular formula is C14H19N5O3. The molecule has 0 spiro atoms. The number of hydrogen-bond donors (Lipinski definition) is 2. The molecule has 1 atom stereocenters. The van der Waals surface area contributed by atoms with Crippen LogP contribution in [0, 0.1) is 5.92 Å². The molecule has 0 aliphatic rings. The number of nitrogens with two attached hydrogens (primary N) is 1. The number of anilines is 1. The largest absolute Gasteiger partial charge is 0.332 e. The van der Waals surface area contributed by atoms with Crippen molar-refractivity contribution in [1.82, 2.24) is 14.1 Å². The lowest BCUT2D eigenvalue weighted by molar-refractivity contribution is -0.118. The molecule has 0 aromatic carbocycles. The highest BCUT2D eigenvalue weighted by molar-refractivity contribution is 5.96. The fraction of sp³-hybridized carbons (Fsp3) is 0.429. The Hall–Kier alpha value is -2.48. The standard InChI is InChI=1S/C14H19N5O3/c1-7(2)10(15)12(20)17-8-5-9-11(16-6-8)18(3)14(22)19(4)13(9)21/h5-7,10H,15H2,1-4H3,(H,17,20)/t10-/m0/s1. The van der Waals surface area contributed by atoms with E-state index in [1.165, 1.54) is 30.9 Å². The van der Waals surface area contributed by atoms with Gasteiger partial charge >= 0.3 is 5.69 Å². The smallest absolute Gasteiger partial charge is 0.323 e. The highest BCUT2D eigenvalue weighted by Gasteiger charge is 2.18. The summed E-state index contributed by atoms with van der Waals surface area (Å²) >= 11 is 0. The van der Waals surface area contributed by atoms with E-state index in [0.717, 1.165) is 4.57 Å². The van der Waals surface area contributed by atoms with Gasteiger partial charge in [0, 0.05) is 14.1 Å². The van der Waals surface area contributed by atoms with Crippen LogP contribution in [0.3, 0.4) is 0 Å². The summed E-state index contributed by atoms with van der Waals surface area (Å²) < 4.78 is 2.28. The van der Waals surface area contributed by atoms with Gasteiger partial charge in [0.2, 0.25) is 5.91 Å². The van der Waals surface area contributed by atoms with Crippen molar-refractivity contribution in [2.45, 2.75) is 19.9 Å². The topological polar surface area (TPSA) is 112 Å². The van der Waals surface area contributed by atoms with Crippen LogP contribution in [0.25, 0.3) is 11.0 Å². The van der Waals surface area contributed by atoms with Crippen LogP contribution in [0.15, 0.2) is 21.9 Å². The van der Waals surface area contributed by atoms with Crippen molar-refractivity contribution in [2.75, 3.05) is 5.32 Å². The Morgan fingerprint density at radius 1 is 1.27 bits per heavy atom. The van der Waals surface area contributed by atoms with Crippen molar-refractivity contribution in [2.24, 2.45) is 25.7 Å². The van der Waals surface area contributed by atoms with Gasteiger partial charge in [0.1, 0.15) is 5.65 Å². The number of aromatic nitrogens is 3. The first kappa shape index (κ1) is 15.9. The maximum atomic E-state index is 12.2. The first-order chi connectivity index (χ1) is 10.2. The SMILES string of the molecule is CC(C)[C@H](N)C(=O)Nc1cnc2c(c1)c(=O)n(C)c(=O)n2C. The lowest BCUT2D eigenvalue weighted by Gasteiger charge is -2.15. The summed E-state index contributed by atoms with van der Waals surface area (Å²) in [7, 11) is 2.92. The van der Waals surface area contributed by atoms with E-state index in [9.17, 15) is 14.4 Å². The van der Waals surface area contributed by atoms with Crippen LogP contribution in [0.2, 0.25) is 0 Å². The van der Waals surface area contributed by atoms with Crippen molar-refractivity contribution < 1.29 is 4.79 Å². The molecule has 2 rings (SSSR count). The van der Waals surface area contributed by atoms with Crippen LogP contribution in [0.4, 0.5) is 5.69 Å². The number of pyridine rings is 1. The normalized spacial score (nSPS) is 12.6. The molecule has 2 aromatic rings. The van der Waals surface area contributed by atoms with Crippen molar-refractivity contribution >= 4 is 22.6 Å². The summed E-state index contributed by atoms with van der Waals surface area (Å²) in [6.45, 7) is 3.68. The molecule has 2 aromatic heterocycles. The van der Waals surface area contributed by atoms with E-state index in [-0.39, 0.29) is 22.9 Å². The van der Waals surface area contributed by atoms with Crippen molar-refractivity contribution in [3.05, 3.63) is 33.1 Å². The van der Waals surface area contributed by atoms with Crippen molar-refractivity contribution in [1.29, 1.82) is 0 Å². The average molecular weight is 305 g/mol. The molecule has 0 radical (unpaired) electrons. The Morgan fingerprint density at radius 3 is 2.50 bits per heavy atom. The summed E-state index contributed by atoms with van der Waals surface area (Å²) in [5.74, 6) is -0.361. The van der Waals surface area contributed by atoms with E-state index in [0.29, 0.717) is 5.69 Å². The fourth-order valence-electron chi connectivity index (χ4n) is 2.06. The molecule has 22 heavy (non-hydrogen) atoms. The van der Waals surface area contributed by atoms with Crippen LogP contribution in [0.1, 0.15) is 13.8 Å². The summed E-state index contributed by atoms with van der Waals surface area (Å²) in [6, 6.07) is 0.841. The molecular weight excluding hydrogens is 286 g/mol. The van der Waals surface area contributed by atoms with E-state index >= 15 is 0 Å². The highest BCUT2D eigenvalue weighted by atomic mass is 16.2. The average Bonchev–Trinajstić information content (AvgIpc) is 2.49. The van der Waals surface area contributed by atoms with E-state index in [2.05, 4.69) is 10.3 Å². The number of hydrogen-bond acceptors (Lipinski definition) is 5. The zero-order chi connectivity index (χ0) is 16.6. The Labute approximate surface area is 126 Å². The number of carbonyl (C=O) groups excluding carboxylic acids is 1. The Balaban J connectivity index is 2.50. The predicted molar refractivity (Wildman–Crippen MR) is 83.7 cm³/mol. The van der Waals surface area contributed by atoms with E-state index in [4.69, 9.17) is 5.73 Å². The lowest BCUT2D eigenvalue weighted by Crippen LogP contribution is -2.40. The van der Waals surface area contributed by atoms with Gasteiger partial charge < -0.3 is 11.1 Å². The molecule has 0 bridgehead atoms. The predicted octanol–water partition coefficient (Wildman–Crippen LogP) is -0.446. The number of rotatable bonds is 3. The van der Waals surface area contributed by atoms with Gasteiger partial charge in [-0.1, -0.05) is 13.8 Å². The molecule has 0 saturated heterocycles. The summed E-state index contributed by atoms with van der Waals surface area (Å²) in [5.41, 5.74) is 5.49. The monoisotopic (exact) mass is 305 g/mol. The zero-order valence-electron chi connectivity index (χ0n) is 13.0. The Kier molecular flexibility index (Phi) is 4.14. The molecule has 0 fully saturated rings. The fourth-order valence-corrected chi connectivity index (χ4v) is 2.06. The molecule has 2 heterocycles. The van der Waals surface area contributed by atoms with Gasteiger partial charge in [0.05, 0.1) is 23.3 Å². The second kappa shape index (κ2) is 5.72. The van der Waals surface area contributed by atoms with Gasteiger partial charge in [-0.2, -0.15) is 0 Å². The van der Waals surface area contributed by atoms with Crippen LogP contribution in [0.5, 0.6) is 0 Å². The first-order valence-electron chi connectivity index (χ1n) is 6.86. The minimum absolute atomic E-state index is 0.0119. The minimum atomic E-state index is -0.654. The number of fused-ring (bicyclic) bond motifs is 1. The molecule has 118 valence electrons. The molecule has 8 nitrogen and oxygen atoms in total. The third kappa shape index (κ3) is 2.64. The van der Waals surface area contributed by atoms with Crippen LogP contribution in [-0.2, 0) is 18.9 Å². The van der Waals surface area contributed by atoms with Crippen LogP contribution < -0.4 is 22.3 Å². The number of aryl methyl sites for hydroxylation is 1. The molecule has 3 N–H and O–H groups in total. The molecule has 0 aliphatic heterocycles. The third-order valence-corrected chi connectivity index (χ3v) is 3.58. The summed E-state index contributed by atoms with van der Waals surface area (Å²) in [6.07, 6.45) is 1.40. The van der Waals surface area contributed by atoms with Gasteiger partial charge in [-0.05, 0) is 12.0 Å². The number of carbonyl (C=O) groups is 1. The Morgan fingerprint density at radius 2 is 1.91 bits per heavy atom. The van der Waals surface area contributed by atoms with Gasteiger partial charge in [0.15, 0.2) is 0 Å². The van der Waals surface area contributed by atoms with Gasteiger partial charge in [0.25, 0.3) is 5.56 Å². The molecule has 8 heteroatoms. The first-order valence-corrected chi connectivity index (χ1v) is 6.86. The number of nitrogens with one attached hydrogen (secondary N) is 1. The van der Waals surface area contributed by atoms with E-state index in [1.54, 1.807) is 0 Å². The maximum absolute atomic E-state index is 12.2. The van der Waals surface area contributed by atoms with Gasteiger partial charge in [-0.3, -0.25) is 18.7 Å². The number of nitrogens with zero attached hydrogens (tertiary/aromatic N) is 3. The van der Waals surface area contributed by atoms with Gasteiger partial charge in [-0.25, -0.2) is 9.78 Å².